The maximum absolute atomic E-state index is 13.2. The van der Waals surface area contributed by atoms with E-state index in [2.05, 4.69) is 5.32 Å². The van der Waals surface area contributed by atoms with Gasteiger partial charge in [0.1, 0.15) is 0 Å². The third-order valence-electron chi connectivity index (χ3n) is 5.46. The molecule has 0 bridgehead atoms. The molecule has 4 rings (SSSR count). The highest BCUT2D eigenvalue weighted by molar-refractivity contribution is 8.00. The van der Waals surface area contributed by atoms with Gasteiger partial charge in [-0.05, 0) is 44.0 Å². The molecule has 1 saturated carbocycles. The first-order valence-corrected chi connectivity index (χ1v) is 11.1. The maximum atomic E-state index is 13.2. The number of para-hydroxylation sites is 1. The van der Waals surface area contributed by atoms with E-state index in [1.54, 1.807) is 23.6 Å². The van der Waals surface area contributed by atoms with Crippen molar-refractivity contribution in [3.63, 3.8) is 0 Å². The molecule has 160 valence electrons. The zero-order chi connectivity index (χ0) is 22.0. The monoisotopic (exact) mass is 438 g/mol. The number of non-ortho nitro benzene ring substituents is 1. The summed E-state index contributed by atoms with van der Waals surface area (Å²) in [6.45, 7) is 1.76. The third kappa shape index (κ3) is 4.46. The number of nitro benzene ring substituents is 1. The number of hydrogen-bond donors (Lipinski definition) is 1. The summed E-state index contributed by atoms with van der Waals surface area (Å²) >= 11 is 1.25. The average Bonchev–Trinajstić information content (AvgIpc) is 3.28. The van der Waals surface area contributed by atoms with Crippen molar-refractivity contribution >= 4 is 39.9 Å². The number of hydrogen-bond acceptors (Lipinski definition) is 6. The second-order valence-corrected chi connectivity index (χ2v) is 8.89. The molecule has 0 saturated heterocycles. The van der Waals surface area contributed by atoms with Crippen molar-refractivity contribution in [1.82, 2.24) is 9.55 Å². The van der Waals surface area contributed by atoms with Crippen molar-refractivity contribution < 1.29 is 9.72 Å². The number of carbonyl (C=O) groups excluding carboxylic acids is 1. The summed E-state index contributed by atoms with van der Waals surface area (Å²) in [6, 6.07) is 13.0. The molecule has 0 aliphatic heterocycles. The summed E-state index contributed by atoms with van der Waals surface area (Å²) < 4.78 is 1.76. The zero-order valence-corrected chi connectivity index (χ0v) is 17.8. The van der Waals surface area contributed by atoms with E-state index in [1.807, 2.05) is 12.1 Å². The predicted molar refractivity (Wildman–Crippen MR) is 121 cm³/mol. The summed E-state index contributed by atoms with van der Waals surface area (Å²) in [7, 11) is 0. The normalized spacial score (nSPS) is 15.1. The van der Waals surface area contributed by atoms with E-state index in [9.17, 15) is 19.7 Å². The Morgan fingerprint density at radius 3 is 2.55 bits per heavy atom. The van der Waals surface area contributed by atoms with Gasteiger partial charge in [0.25, 0.3) is 11.2 Å². The lowest BCUT2D eigenvalue weighted by molar-refractivity contribution is -0.384. The molecular formula is C22H22N4O4S. The lowest BCUT2D eigenvalue weighted by Gasteiger charge is -2.20. The zero-order valence-electron chi connectivity index (χ0n) is 17.0. The Bertz CT molecular complexity index is 1190. The number of nitrogens with zero attached hydrogens (tertiary/aromatic N) is 3. The molecule has 1 aliphatic carbocycles. The number of nitro groups is 1. The quantitative estimate of drug-likeness (QED) is 0.262. The Balaban J connectivity index is 1.59. The van der Waals surface area contributed by atoms with Gasteiger partial charge in [0.2, 0.25) is 5.91 Å². The van der Waals surface area contributed by atoms with Gasteiger partial charge in [-0.15, -0.1) is 0 Å². The largest absolute Gasteiger partial charge is 0.325 e. The van der Waals surface area contributed by atoms with Crippen LogP contribution in [-0.4, -0.2) is 25.6 Å². The fourth-order valence-electron chi connectivity index (χ4n) is 3.82. The van der Waals surface area contributed by atoms with E-state index in [4.69, 9.17) is 4.98 Å². The van der Waals surface area contributed by atoms with Crippen LogP contribution in [0.3, 0.4) is 0 Å². The molecule has 1 amide bonds. The van der Waals surface area contributed by atoms with Gasteiger partial charge in [0, 0.05) is 23.9 Å². The van der Waals surface area contributed by atoms with E-state index in [0.29, 0.717) is 21.7 Å². The summed E-state index contributed by atoms with van der Waals surface area (Å²) in [4.78, 5) is 41.0. The fourth-order valence-corrected chi connectivity index (χ4v) is 4.79. The molecule has 9 heteroatoms. The molecule has 1 heterocycles. The number of carbonyl (C=O) groups is 1. The molecular weight excluding hydrogens is 416 g/mol. The molecule has 3 aromatic rings. The first-order valence-electron chi connectivity index (χ1n) is 10.2. The average molecular weight is 439 g/mol. The SMILES string of the molecule is CC(Sc1nc2ccccc2c(=O)n1C1CCCC1)C(=O)Nc1ccc([N+](=O)[O-])cc1. The molecule has 0 radical (unpaired) electrons. The van der Waals surface area contributed by atoms with Crippen molar-refractivity contribution in [2.75, 3.05) is 5.32 Å². The molecule has 8 nitrogen and oxygen atoms in total. The molecule has 2 aromatic carbocycles. The molecule has 31 heavy (non-hydrogen) atoms. The molecule has 1 aliphatic rings. The topological polar surface area (TPSA) is 107 Å². The van der Waals surface area contributed by atoms with Crippen molar-refractivity contribution in [3.8, 4) is 0 Å². The molecule has 1 fully saturated rings. The van der Waals surface area contributed by atoms with Gasteiger partial charge in [-0.1, -0.05) is 36.7 Å². The Labute approximate surface area is 182 Å². The van der Waals surface area contributed by atoms with E-state index in [0.717, 1.165) is 25.7 Å². The van der Waals surface area contributed by atoms with Gasteiger partial charge in [0.05, 0.1) is 21.1 Å². The van der Waals surface area contributed by atoms with Crippen LogP contribution in [0.4, 0.5) is 11.4 Å². The van der Waals surface area contributed by atoms with Crippen LogP contribution in [-0.2, 0) is 4.79 Å². The number of anilines is 1. The van der Waals surface area contributed by atoms with Crippen LogP contribution in [0.5, 0.6) is 0 Å². The number of aromatic nitrogens is 2. The predicted octanol–water partition coefficient (Wildman–Crippen LogP) is 4.54. The number of thioether (sulfide) groups is 1. The highest BCUT2D eigenvalue weighted by Gasteiger charge is 2.25. The summed E-state index contributed by atoms with van der Waals surface area (Å²) in [5, 5.41) is 14.2. The Morgan fingerprint density at radius 1 is 1.19 bits per heavy atom. The number of amides is 1. The van der Waals surface area contributed by atoms with E-state index in [-0.39, 0.29) is 23.2 Å². The van der Waals surface area contributed by atoms with Gasteiger partial charge in [-0.25, -0.2) is 4.98 Å². The summed E-state index contributed by atoms with van der Waals surface area (Å²) in [6.07, 6.45) is 4.00. The Morgan fingerprint density at radius 2 is 1.87 bits per heavy atom. The smallest absolute Gasteiger partial charge is 0.269 e. The van der Waals surface area contributed by atoms with Crippen LogP contribution in [0.2, 0.25) is 0 Å². The Kier molecular flexibility index (Phi) is 6.03. The van der Waals surface area contributed by atoms with Gasteiger partial charge >= 0.3 is 0 Å². The highest BCUT2D eigenvalue weighted by atomic mass is 32.2. The second-order valence-electron chi connectivity index (χ2n) is 7.58. The van der Waals surface area contributed by atoms with E-state index < -0.39 is 10.2 Å². The van der Waals surface area contributed by atoms with Crippen LogP contribution < -0.4 is 10.9 Å². The number of benzene rings is 2. The number of nitrogens with one attached hydrogen (secondary N) is 1. The number of rotatable bonds is 6. The second kappa shape index (κ2) is 8.89. The summed E-state index contributed by atoms with van der Waals surface area (Å²) in [5.41, 5.74) is 0.985. The third-order valence-corrected chi connectivity index (χ3v) is 6.53. The van der Waals surface area contributed by atoms with Gasteiger partial charge in [-0.3, -0.25) is 24.3 Å². The minimum absolute atomic E-state index is 0.0404. The van der Waals surface area contributed by atoms with Gasteiger partial charge in [-0.2, -0.15) is 0 Å². The summed E-state index contributed by atoms with van der Waals surface area (Å²) in [5.74, 6) is -0.265. The van der Waals surface area contributed by atoms with E-state index in [1.165, 1.54) is 36.0 Å². The number of fused-ring (bicyclic) bond motifs is 1. The van der Waals surface area contributed by atoms with Gasteiger partial charge < -0.3 is 5.32 Å². The van der Waals surface area contributed by atoms with Crippen molar-refractivity contribution in [1.29, 1.82) is 0 Å². The molecule has 1 atom stereocenters. The highest BCUT2D eigenvalue weighted by Crippen LogP contribution is 2.33. The lowest BCUT2D eigenvalue weighted by Crippen LogP contribution is -2.29. The van der Waals surface area contributed by atoms with Crippen LogP contribution in [0.1, 0.15) is 38.6 Å². The van der Waals surface area contributed by atoms with Crippen LogP contribution >= 0.6 is 11.8 Å². The minimum Gasteiger partial charge on any atom is -0.325 e. The van der Waals surface area contributed by atoms with Gasteiger partial charge in [0.15, 0.2) is 5.16 Å². The molecule has 0 spiro atoms. The van der Waals surface area contributed by atoms with Crippen LogP contribution in [0.15, 0.2) is 58.5 Å². The first-order chi connectivity index (χ1) is 14.9. The van der Waals surface area contributed by atoms with Crippen LogP contribution in [0.25, 0.3) is 10.9 Å². The van der Waals surface area contributed by atoms with Crippen molar-refractivity contribution in [2.24, 2.45) is 0 Å². The van der Waals surface area contributed by atoms with Crippen molar-refractivity contribution in [3.05, 3.63) is 69.0 Å². The van der Waals surface area contributed by atoms with Crippen molar-refractivity contribution in [2.45, 2.75) is 49.1 Å². The van der Waals surface area contributed by atoms with Crippen LogP contribution in [0, 0.1) is 10.1 Å². The Hall–Kier alpha value is -3.20. The lowest BCUT2D eigenvalue weighted by atomic mass is 10.2. The minimum atomic E-state index is -0.518. The molecule has 1 N–H and O–H groups in total. The standard InChI is InChI=1S/C22H22N4O4S/c1-14(20(27)23-15-10-12-17(13-11-15)26(29)30)31-22-24-19-9-5-4-8-18(19)21(28)25(22)16-6-2-3-7-16/h4-5,8-14,16H,2-3,6-7H2,1H3,(H,23,27). The molecule has 1 unspecified atom stereocenters. The maximum Gasteiger partial charge on any atom is 0.269 e. The van der Waals surface area contributed by atoms with E-state index >= 15 is 0 Å². The molecule has 1 aromatic heterocycles. The first kappa shape index (κ1) is 21.0. The fraction of sp³-hybridized carbons (Fsp3) is 0.318.